The highest BCUT2D eigenvalue weighted by molar-refractivity contribution is 5.85. The van der Waals surface area contributed by atoms with Gasteiger partial charge in [0.05, 0.1) is 0 Å². The van der Waals surface area contributed by atoms with E-state index < -0.39 is 0 Å². The summed E-state index contributed by atoms with van der Waals surface area (Å²) >= 11 is 0. The molecule has 0 atom stereocenters. The lowest BCUT2D eigenvalue weighted by molar-refractivity contribution is -0.120. The second-order valence-corrected chi connectivity index (χ2v) is 6.85. The fraction of sp³-hybridized carbons (Fsp3) is 0.600. The molecule has 1 aromatic rings. The lowest BCUT2D eigenvalue weighted by atomic mass is 9.95. The van der Waals surface area contributed by atoms with Crippen LogP contribution in [-0.2, 0) is 11.2 Å². The topological polar surface area (TPSA) is 65.5 Å². The van der Waals surface area contributed by atoms with Gasteiger partial charge in [-0.15, -0.1) is 0 Å². The molecule has 0 aromatic heterocycles. The van der Waals surface area contributed by atoms with Crippen molar-refractivity contribution in [2.45, 2.75) is 58.4 Å². The minimum absolute atomic E-state index is 0.0246. The molecule has 0 bridgehead atoms. The van der Waals surface area contributed by atoms with Crippen LogP contribution < -0.4 is 16.0 Å². The van der Waals surface area contributed by atoms with Crippen molar-refractivity contribution >= 4 is 11.9 Å². The molecule has 1 saturated carbocycles. The van der Waals surface area contributed by atoms with Crippen LogP contribution in [0.2, 0.25) is 0 Å². The number of guanidine groups is 1. The number of rotatable bonds is 7. The third-order valence-electron chi connectivity index (χ3n) is 4.69. The van der Waals surface area contributed by atoms with Crippen molar-refractivity contribution in [3.63, 3.8) is 0 Å². The van der Waals surface area contributed by atoms with Crippen LogP contribution in [0.25, 0.3) is 0 Å². The summed E-state index contributed by atoms with van der Waals surface area (Å²) in [5.41, 5.74) is 2.05. The zero-order valence-corrected chi connectivity index (χ0v) is 15.9. The van der Waals surface area contributed by atoms with Crippen LogP contribution >= 0.6 is 0 Å². The van der Waals surface area contributed by atoms with E-state index in [0.29, 0.717) is 18.5 Å². The van der Waals surface area contributed by atoms with Gasteiger partial charge in [-0.2, -0.15) is 0 Å². The average molecular weight is 362 g/mol. The average Bonchev–Trinajstić information content (AvgIpc) is 2.62. The molecule has 1 amide bonds. The summed E-state index contributed by atoms with van der Waals surface area (Å²) in [7, 11) is 0. The van der Waals surface area contributed by atoms with E-state index in [1.807, 2.05) is 19.9 Å². The molecule has 0 unspecified atom stereocenters. The molecular weight excluding hydrogens is 331 g/mol. The van der Waals surface area contributed by atoms with Crippen molar-refractivity contribution in [3.05, 3.63) is 35.1 Å². The van der Waals surface area contributed by atoms with Crippen LogP contribution in [0.15, 0.2) is 23.2 Å². The Morgan fingerprint density at radius 1 is 1.23 bits per heavy atom. The van der Waals surface area contributed by atoms with Gasteiger partial charge < -0.3 is 16.0 Å². The van der Waals surface area contributed by atoms with Gasteiger partial charge in [0.1, 0.15) is 12.4 Å². The van der Waals surface area contributed by atoms with Gasteiger partial charge in [-0.1, -0.05) is 25.3 Å². The van der Waals surface area contributed by atoms with Crippen LogP contribution in [-0.4, -0.2) is 37.5 Å². The second-order valence-electron chi connectivity index (χ2n) is 6.85. The first-order chi connectivity index (χ1) is 12.6. The fourth-order valence-corrected chi connectivity index (χ4v) is 3.27. The Bertz CT molecular complexity index is 612. The molecule has 26 heavy (non-hydrogen) atoms. The molecule has 6 heteroatoms. The minimum Gasteiger partial charge on any atom is -0.357 e. The number of aliphatic imine (C=N–C) groups is 1. The van der Waals surface area contributed by atoms with Crippen LogP contribution in [0.4, 0.5) is 4.39 Å². The summed E-state index contributed by atoms with van der Waals surface area (Å²) in [5.74, 6) is 0.396. The third kappa shape index (κ3) is 7.02. The summed E-state index contributed by atoms with van der Waals surface area (Å²) in [6, 6.07) is 5.15. The Labute approximate surface area is 155 Å². The summed E-state index contributed by atoms with van der Waals surface area (Å²) in [5, 5.41) is 9.46. The number of carbonyl (C=O) groups is 1. The molecule has 1 aliphatic carbocycles. The quantitative estimate of drug-likeness (QED) is 0.516. The van der Waals surface area contributed by atoms with Gasteiger partial charge in [0.25, 0.3) is 0 Å². The predicted molar refractivity (Wildman–Crippen MR) is 104 cm³/mol. The third-order valence-corrected chi connectivity index (χ3v) is 4.69. The highest BCUT2D eigenvalue weighted by Gasteiger charge is 2.15. The van der Waals surface area contributed by atoms with Crippen molar-refractivity contribution in [1.82, 2.24) is 16.0 Å². The van der Waals surface area contributed by atoms with Crippen molar-refractivity contribution in [2.75, 3.05) is 19.6 Å². The Hall–Kier alpha value is -2.11. The van der Waals surface area contributed by atoms with Crippen molar-refractivity contribution in [3.8, 4) is 0 Å². The fourth-order valence-electron chi connectivity index (χ4n) is 3.27. The van der Waals surface area contributed by atoms with E-state index in [-0.39, 0.29) is 18.3 Å². The smallest absolute Gasteiger partial charge is 0.242 e. The van der Waals surface area contributed by atoms with Gasteiger partial charge in [-0.3, -0.25) is 4.79 Å². The maximum atomic E-state index is 13.2. The number of nitrogens with zero attached hydrogens (tertiary/aromatic N) is 1. The molecule has 0 radical (unpaired) electrons. The Kier molecular flexibility index (Phi) is 8.38. The molecule has 1 aliphatic rings. The zero-order valence-electron chi connectivity index (χ0n) is 15.9. The molecule has 0 aliphatic heterocycles. The first kappa shape index (κ1) is 20.2. The molecule has 5 nitrogen and oxygen atoms in total. The lowest BCUT2D eigenvalue weighted by Crippen LogP contribution is -2.41. The number of hydrogen-bond acceptors (Lipinski definition) is 2. The first-order valence-electron chi connectivity index (χ1n) is 9.65. The van der Waals surface area contributed by atoms with Gasteiger partial charge in [0.2, 0.25) is 5.91 Å². The zero-order chi connectivity index (χ0) is 18.8. The van der Waals surface area contributed by atoms with E-state index >= 15 is 0 Å². The summed E-state index contributed by atoms with van der Waals surface area (Å²) in [4.78, 5) is 16.5. The molecule has 0 heterocycles. The molecule has 3 N–H and O–H groups in total. The van der Waals surface area contributed by atoms with E-state index in [0.717, 1.165) is 36.9 Å². The number of amides is 1. The molecule has 1 fully saturated rings. The first-order valence-corrected chi connectivity index (χ1v) is 9.65. The number of nitrogens with one attached hydrogen (secondary N) is 3. The van der Waals surface area contributed by atoms with E-state index in [4.69, 9.17) is 0 Å². The van der Waals surface area contributed by atoms with E-state index in [1.54, 1.807) is 6.07 Å². The summed E-state index contributed by atoms with van der Waals surface area (Å²) in [6.07, 6.45) is 6.58. The summed E-state index contributed by atoms with van der Waals surface area (Å²) in [6.45, 7) is 5.42. The number of halogens is 1. The highest BCUT2D eigenvalue weighted by Crippen LogP contribution is 2.17. The van der Waals surface area contributed by atoms with E-state index in [9.17, 15) is 9.18 Å². The van der Waals surface area contributed by atoms with E-state index in [2.05, 4.69) is 20.9 Å². The predicted octanol–water partition coefficient (Wildman–Crippen LogP) is 2.68. The molecule has 2 rings (SSSR count). The SMILES string of the molecule is CCNC(=NCC(=O)NC1CCCCC1)NCCc1ccc(F)cc1C. The summed E-state index contributed by atoms with van der Waals surface area (Å²) < 4.78 is 13.2. The standard InChI is InChI=1S/C20H31FN4O/c1-3-22-20(23-12-11-16-9-10-17(21)13-15(16)2)24-14-19(26)25-18-7-5-4-6-8-18/h9-10,13,18H,3-8,11-12,14H2,1-2H3,(H,25,26)(H2,22,23,24). The lowest BCUT2D eigenvalue weighted by Gasteiger charge is -2.22. The Morgan fingerprint density at radius 2 is 2.00 bits per heavy atom. The van der Waals surface area contributed by atoms with Crippen LogP contribution in [0, 0.1) is 12.7 Å². The second kappa shape index (κ2) is 10.8. The van der Waals surface area contributed by atoms with Gasteiger partial charge in [-0.25, -0.2) is 9.38 Å². The van der Waals surface area contributed by atoms with E-state index in [1.165, 1.54) is 25.3 Å². The van der Waals surface area contributed by atoms with Crippen LogP contribution in [0.3, 0.4) is 0 Å². The molecule has 0 spiro atoms. The largest absolute Gasteiger partial charge is 0.357 e. The van der Waals surface area contributed by atoms with Gasteiger partial charge in [0, 0.05) is 19.1 Å². The number of benzene rings is 1. The van der Waals surface area contributed by atoms with Gasteiger partial charge >= 0.3 is 0 Å². The maximum Gasteiger partial charge on any atom is 0.242 e. The van der Waals surface area contributed by atoms with Crippen molar-refractivity contribution in [2.24, 2.45) is 4.99 Å². The molecular formula is C20H31FN4O. The molecule has 144 valence electrons. The van der Waals surface area contributed by atoms with Crippen LogP contribution in [0.1, 0.15) is 50.2 Å². The Balaban J connectivity index is 1.78. The molecule has 0 saturated heterocycles. The normalized spacial score (nSPS) is 15.6. The number of aryl methyl sites for hydroxylation is 1. The molecule has 1 aromatic carbocycles. The van der Waals surface area contributed by atoms with Gasteiger partial charge in [0.15, 0.2) is 5.96 Å². The maximum absolute atomic E-state index is 13.2. The Morgan fingerprint density at radius 3 is 2.69 bits per heavy atom. The number of hydrogen-bond donors (Lipinski definition) is 3. The number of carbonyl (C=O) groups excluding carboxylic acids is 1. The monoisotopic (exact) mass is 362 g/mol. The van der Waals surface area contributed by atoms with Crippen LogP contribution in [0.5, 0.6) is 0 Å². The van der Waals surface area contributed by atoms with Gasteiger partial charge in [-0.05, 0) is 56.4 Å². The minimum atomic E-state index is -0.210. The van der Waals surface area contributed by atoms with Crippen molar-refractivity contribution in [1.29, 1.82) is 0 Å². The van der Waals surface area contributed by atoms with Crippen molar-refractivity contribution < 1.29 is 9.18 Å². The highest BCUT2D eigenvalue weighted by atomic mass is 19.1.